The van der Waals surface area contributed by atoms with Crippen molar-refractivity contribution in [1.29, 1.82) is 0 Å². The van der Waals surface area contributed by atoms with Crippen LogP contribution in [0.15, 0.2) is 45.4 Å². The number of imide groups is 1. The first-order valence-corrected chi connectivity index (χ1v) is 11.3. The molecular formula is C22H23N3O4S. The lowest BCUT2D eigenvalue weighted by Crippen LogP contribution is -2.43. The van der Waals surface area contributed by atoms with Crippen LogP contribution >= 0.6 is 11.3 Å². The van der Waals surface area contributed by atoms with Gasteiger partial charge in [-0.05, 0) is 36.4 Å². The highest BCUT2D eigenvalue weighted by molar-refractivity contribution is 7.12. The smallest absolute Gasteiger partial charge is 0.263 e. The van der Waals surface area contributed by atoms with Gasteiger partial charge in [0.15, 0.2) is 0 Å². The molecule has 2 fully saturated rings. The van der Waals surface area contributed by atoms with Gasteiger partial charge in [0.25, 0.3) is 5.91 Å². The Hall–Kier alpha value is -2.74. The summed E-state index contributed by atoms with van der Waals surface area (Å²) in [5.41, 5.74) is 0.217. The third-order valence-corrected chi connectivity index (χ3v) is 7.36. The molecule has 2 aromatic rings. The number of thiophene rings is 1. The summed E-state index contributed by atoms with van der Waals surface area (Å²) in [4.78, 5) is 41.1. The van der Waals surface area contributed by atoms with E-state index in [4.69, 9.17) is 4.42 Å². The summed E-state index contributed by atoms with van der Waals surface area (Å²) in [7, 11) is 0. The van der Waals surface area contributed by atoms with E-state index in [1.165, 1.54) is 5.01 Å². The summed E-state index contributed by atoms with van der Waals surface area (Å²) >= 11 is 1.56. The van der Waals surface area contributed by atoms with Crippen molar-refractivity contribution in [2.45, 2.75) is 51.0 Å². The van der Waals surface area contributed by atoms with Gasteiger partial charge in [0.1, 0.15) is 18.3 Å². The molecule has 0 radical (unpaired) electrons. The highest BCUT2D eigenvalue weighted by Gasteiger charge is 2.52. The van der Waals surface area contributed by atoms with E-state index < -0.39 is 5.41 Å². The Morgan fingerprint density at radius 1 is 1.20 bits per heavy atom. The fourth-order valence-electron chi connectivity index (χ4n) is 4.88. The number of amides is 3. The predicted octanol–water partition coefficient (Wildman–Crippen LogP) is 3.73. The Labute approximate surface area is 178 Å². The van der Waals surface area contributed by atoms with Gasteiger partial charge >= 0.3 is 0 Å². The number of hydrazone groups is 1. The number of likely N-dealkylation sites (tertiary alicyclic amines) is 1. The Morgan fingerprint density at radius 2 is 2.03 bits per heavy atom. The van der Waals surface area contributed by atoms with Crippen LogP contribution in [-0.2, 0) is 14.4 Å². The van der Waals surface area contributed by atoms with Crippen LogP contribution in [-0.4, -0.2) is 39.9 Å². The molecule has 3 amide bonds. The van der Waals surface area contributed by atoms with Crippen molar-refractivity contribution >= 4 is 34.8 Å². The van der Waals surface area contributed by atoms with Crippen molar-refractivity contribution in [2.24, 2.45) is 10.5 Å². The van der Waals surface area contributed by atoms with Crippen molar-refractivity contribution in [3.05, 3.63) is 46.5 Å². The summed E-state index contributed by atoms with van der Waals surface area (Å²) in [6.45, 7) is -0.266. The summed E-state index contributed by atoms with van der Waals surface area (Å²) < 4.78 is 5.55. The van der Waals surface area contributed by atoms with Gasteiger partial charge in [-0.1, -0.05) is 25.3 Å². The lowest BCUT2D eigenvalue weighted by molar-refractivity contribution is -0.148. The molecule has 1 saturated carbocycles. The van der Waals surface area contributed by atoms with Crippen LogP contribution in [0.4, 0.5) is 0 Å². The van der Waals surface area contributed by atoms with E-state index in [2.05, 4.69) is 5.10 Å². The molecule has 1 saturated heterocycles. The van der Waals surface area contributed by atoms with Crippen molar-refractivity contribution in [1.82, 2.24) is 9.91 Å². The molecule has 0 bridgehead atoms. The fourth-order valence-corrected chi connectivity index (χ4v) is 5.60. The second kappa shape index (κ2) is 7.50. The Bertz CT molecular complexity index is 990. The number of carbonyl (C=O) groups excluding carboxylic acids is 3. The number of hydrogen-bond donors (Lipinski definition) is 0. The number of carbonyl (C=O) groups is 3. The number of rotatable bonds is 4. The molecule has 1 aliphatic carbocycles. The maximum Gasteiger partial charge on any atom is 0.263 e. The van der Waals surface area contributed by atoms with E-state index in [0.29, 0.717) is 12.2 Å². The van der Waals surface area contributed by atoms with Gasteiger partial charge in [-0.25, -0.2) is 5.01 Å². The molecule has 1 unspecified atom stereocenters. The molecule has 8 heteroatoms. The second-order valence-corrected chi connectivity index (χ2v) is 9.25. The summed E-state index contributed by atoms with van der Waals surface area (Å²) in [6, 6.07) is 7.14. The third-order valence-electron chi connectivity index (χ3n) is 6.44. The zero-order valence-electron chi connectivity index (χ0n) is 16.6. The minimum atomic E-state index is -0.591. The second-order valence-electron chi connectivity index (χ2n) is 8.30. The highest BCUT2D eigenvalue weighted by Crippen LogP contribution is 2.45. The van der Waals surface area contributed by atoms with E-state index in [9.17, 15) is 14.4 Å². The molecule has 7 nitrogen and oxygen atoms in total. The molecule has 156 valence electrons. The average Bonchev–Trinajstić information content (AvgIpc) is 3.53. The molecule has 2 aromatic heterocycles. The molecule has 3 aliphatic rings. The standard InChI is InChI=1S/C22H23N3O4S/c26-19-13-22(8-2-1-3-9-22)21(28)24(19)14-20(27)25-16(17-6-4-10-29-17)12-15(23-25)18-7-5-11-30-18/h4-7,10-11,16H,1-3,8-9,12-14H2. The van der Waals surface area contributed by atoms with E-state index in [-0.39, 0.29) is 36.7 Å². The summed E-state index contributed by atoms with van der Waals surface area (Å²) in [5.74, 6) is -0.151. The lowest BCUT2D eigenvalue weighted by Gasteiger charge is -2.30. The van der Waals surface area contributed by atoms with Crippen molar-refractivity contribution in [3.8, 4) is 0 Å². The third kappa shape index (κ3) is 3.19. The van der Waals surface area contributed by atoms with Crippen molar-refractivity contribution in [2.75, 3.05) is 6.54 Å². The SMILES string of the molecule is O=C1CC2(CCCCC2)C(=O)N1CC(=O)N1N=C(c2cccs2)CC1c1ccco1. The minimum absolute atomic E-state index is 0.184. The summed E-state index contributed by atoms with van der Waals surface area (Å²) in [6.07, 6.45) is 6.83. The van der Waals surface area contributed by atoms with Crippen LogP contribution in [0.25, 0.3) is 0 Å². The van der Waals surface area contributed by atoms with Crippen LogP contribution in [0.1, 0.15) is 61.6 Å². The molecule has 30 heavy (non-hydrogen) atoms. The zero-order valence-corrected chi connectivity index (χ0v) is 17.4. The number of nitrogens with zero attached hydrogens (tertiary/aromatic N) is 3. The van der Waals surface area contributed by atoms with E-state index >= 15 is 0 Å². The van der Waals surface area contributed by atoms with Crippen molar-refractivity contribution < 1.29 is 18.8 Å². The molecule has 1 spiro atoms. The summed E-state index contributed by atoms with van der Waals surface area (Å²) in [5, 5.41) is 7.92. The Balaban J connectivity index is 1.38. The van der Waals surface area contributed by atoms with E-state index in [0.717, 1.165) is 47.6 Å². The topological polar surface area (TPSA) is 83.2 Å². The zero-order chi connectivity index (χ0) is 20.7. The van der Waals surface area contributed by atoms with Crippen LogP contribution in [0.3, 0.4) is 0 Å². The maximum absolute atomic E-state index is 13.2. The molecule has 2 aliphatic heterocycles. The minimum Gasteiger partial charge on any atom is -0.467 e. The molecule has 5 rings (SSSR count). The number of hydrogen-bond acceptors (Lipinski definition) is 6. The van der Waals surface area contributed by atoms with Gasteiger partial charge < -0.3 is 4.42 Å². The van der Waals surface area contributed by atoms with Gasteiger partial charge in [0.2, 0.25) is 11.8 Å². The molecule has 1 atom stereocenters. The Kier molecular flexibility index (Phi) is 4.81. The van der Waals surface area contributed by atoms with Gasteiger partial charge in [0, 0.05) is 12.8 Å². The van der Waals surface area contributed by atoms with Crippen LogP contribution in [0, 0.1) is 5.41 Å². The molecule has 0 aromatic carbocycles. The number of furan rings is 1. The van der Waals surface area contributed by atoms with Crippen molar-refractivity contribution in [3.63, 3.8) is 0 Å². The first kappa shape index (κ1) is 19.2. The lowest BCUT2D eigenvalue weighted by atomic mass is 9.73. The predicted molar refractivity (Wildman–Crippen MR) is 111 cm³/mol. The van der Waals surface area contributed by atoms with Crippen LogP contribution in [0.5, 0.6) is 0 Å². The quantitative estimate of drug-likeness (QED) is 0.699. The molecule has 4 heterocycles. The van der Waals surface area contributed by atoms with Crippen LogP contribution < -0.4 is 0 Å². The Morgan fingerprint density at radius 3 is 2.73 bits per heavy atom. The molecule has 0 N–H and O–H groups in total. The maximum atomic E-state index is 13.2. The van der Waals surface area contributed by atoms with E-state index in [1.807, 2.05) is 23.6 Å². The fraction of sp³-hybridized carbons (Fsp3) is 0.455. The van der Waals surface area contributed by atoms with E-state index in [1.54, 1.807) is 23.7 Å². The largest absolute Gasteiger partial charge is 0.467 e. The van der Waals surface area contributed by atoms with Gasteiger partial charge in [-0.2, -0.15) is 5.10 Å². The van der Waals surface area contributed by atoms with Crippen LogP contribution in [0.2, 0.25) is 0 Å². The molecular weight excluding hydrogens is 402 g/mol. The first-order valence-electron chi connectivity index (χ1n) is 10.4. The van der Waals surface area contributed by atoms with Gasteiger partial charge in [-0.3, -0.25) is 19.3 Å². The first-order chi connectivity index (χ1) is 14.6. The highest BCUT2D eigenvalue weighted by atomic mass is 32.1. The van der Waals surface area contributed by atoms with Gasteiger partial charge in [-0.15, -0.1) is 11.3 Å². The average molecular weight is 426 g/mol. The van der Waals surface area contributed by atoms with Gasteiger partial charge in [0.05, 0.1) is 22.3 Å². The normalized spacial score (nSPS) is 23.5. The monoisotopic (exact) mass is 425 g/mol.